The molecule has 2 aromatic carbocycles. The summed E-state index contributed by atoms with van der Waals surface area (Å²) in [6.45, 7) is 4.84. The molecule has 5 rings (SSSR count). The zero-order valence-corrected chi connectivity index (χ0v) is 19.7. The molecule has 174 valence electrons. The minimum absolute atomic E-state index is 0.0278. The molecule has 1 N–H and O–H groups in total. The number of fused-ring (bicyclic) bond motifs is 2. The van der Waals surface area contributed by atoms with Crippen LogP contribution in [0.1, 0.15) is 42.4 Å². The molecule has 1 fully saturated rings. The number of hydrogen-bond acceptors (Lipinski definition) is 5. The summed E-state index contributed by atoms with van der Waals surface area (Å²) in [4.78, 5) is 16.1. The summed E-state index contributed by atoms with van der Waals surface area (Å²) in [6.07, 6.45) is 3.52. The van der Waals surface area contributed by atoms with Gasteiger partial charge in [-0.2, -0.15) is 4.31 Å². The van der Waals surface area contributed by atoms with Crippen LogP contribution in [-0.2, 0) is 16.6 Å². The average Bonchev–Trinajstić information content (AvgIpc) is 3.31. The maximum absolute atomic E-state index is 13.8. The number of sulfonamides is 1. The minimum Gasteiger partial charge on any atom is -0.486 e. The number of nitrogens with zero attached hydrogens (tertiary/aromatic N) is 1. The van der Waals surface area contributed by atoms with Crippen molar-refractivity contribution in [2.75, 3.05) is 13.2 Å². The number of rotatable bonds is 5. The first-order valence-corrected chi connectivity index (χ1v) is 12.8. The van der Waals surface area contributed by atoms with Crippen molar-refractivity contribution in [2.24, 2.45) is 0 Å². The van der Waals surface area contributed by atoms with Crippen molar-refractivity contribution in [3.63, 3.8) is 0 Å². The van der Waals surface area contributed by atoms with Gasteiger partial charge in [0.1, 0.15) is 13.2 Å². The first-order chi connectivity index (χ1) is 15.8. The van der Waals surface area contributed by atoms with E-state index in [9.17, 15) is 13.2 Å². The lowest BCUT2D eigenvalue weighted by Crippen LogP contribution is -2.39. The molecular formula is C25H28N2O5S. The van der Waals surface area contributed by atoms with Gasteiger partial charge < -0.3 is 14.5 Å². The smallest absolute Gasteiger partial charge is 0.252 e. The Labute approximate surface area is 193 Å². The molecule has 8 heteroatoms. The summed E-state index contributed by atoms with van der Waals surface area (Å²) in [5, 5.41) is 0.929. The molecule has 0 spiro atoms. The highest BCUT2D eigenvalue weighted by atomic mass is 32.2. The van der Waals surface area contributed by atoms with Crippen molar-refractivity contribution in [1.29, 1.82) is 0 Å². The van der Waals surface area contributed by atoms with E-state index in [0.29, 0.717) is 30.3 Å². The van der Waals surface area contributed by atoms with Gasteiger partial charge in [-0.25, -0.2) is 8.42 Å². The number of hydrogen-bond donors (Lipinski definition) is 1. The van der Waals surface area contributed by atoms with Gasteiger partial charge in [0, 0.05) is 35.1 Å². The normalized spacial score (nSPS) is 16.6. The lowest BCUT2D eigenvalue weighted by molar-refractivity contribution is 0.171. The molecule has 0 radical (unpaired) electrons. The van der Waals surface area contributed by atoms with Gasteiger partial charge in [0.05, 0.1) is 4.90 Å². The Bertz CT molecular complexity index is 1370. The summed E-state index contributed by atoms with van der Waals surface area (Å²) in [7, 11) is -3.86. The van der Waals surface area contributed by atoms with Gasteiger partial charge in [0.25, 0.3) is 5.56 Å². The fourth-order valence-corrected chi connectivity index (χ4v) is 6.60. The molecule has 2 heterocycles. The van der Waals surface area contributed by atoms with E-state index in [1.54, 1.807) is 12.1 Å². The first kappa shape index (κ1) is 22.0. The van der Waals surface area contributed by atoms with Crippen LogP contribution in [0.5, 0.6) is 11.5 Å². The average molecular weight is 469 g/mol. The van der Waals surface area contributed by atoms with E-state index in [0.717, 1.165) is 47.7 Å². The van der Waals surface area contributed by atoms with E-state index in [2.05, 4.69) is 11.1 Å². The SMILES string of the molecule is Cc1cc(C)c2cc(CN(C3CCCC3)S(=O)(=O)c3ccc4c(c3)OCCO4)c(=O)[nH]c2c1. The fourth-order valence-electron chi connectivity index (χ4n) is 4.92. The quantitative estimate of drug-likeness (QED) is 0.610. The van der Waals surface area contributed by atoms with Gasteiger partial charge in [-0.05, 0) is 62.1 Å². The topological polar surface area (TPSA) is 88.7 Å². The van der Waals surface area contributed by atoms with Crippen LogP contribution in [0, 0.1) is 13.8 Å². The predicted octanol–water partition coefficient (Wildman–Crippen LogP) is 4.05. The second-order valence-electron chi connectivity index (χ2n) is 8.96. The Morgan fingerprint density at radius 2 is 1.73 bits per heavy atom. The maximum atomic E-state index is 13.8. The highest BCUT2D eigenvalue weighted by Gasteiger charge is 2.34. The summed E-state index contributed by atoms with van der Waals surface area (Å²) < 4.78 is 40.3. The van der Waals surface area contributed by atoms with Crippen molar-refractivity contribution < 1.29 is 17.9 Å². The standard InChI is InChI=1S/C25H28N2O5S/c1-16-11-17(2)21-13-18(25(28)26-22(21)12-16)15-27(19-5-3-4-6-19)33(29,30)20-7-8-23-24(14-20)32-10-9-31-23/h7-8,11-14,19H,3-6,9-10,15H2,1-2H3,(H,26,28). The van der Waals surface area contributed by atoms with Crippen LogP contribution in [-0.4, -0.2) is 37.0 Å². The van der Waals surface area contributed by atoms with Crippen LogP contribution in [0.4, 0.5) is 0 Å². The number of aryl methyl sites for hydroxylation is 2. The second kappa shape index (κ2) is 8.50. The Morgan fingerprint density at radius 3 is 2.48 bits per heavy atom. The number of aromatic amines is 1. The van der Waals surface area contributed by atoms with Gasteiger partial charge >= 0.3 is 0 Å². The molecule has 2 aliphatic rings. The molecule has 1 aromatic heterocycles. The van der Waals surface area contributed by atoms with Crippen molar-refractivity contribution in [3.05, 3.63) is 63.4 Å². The lowest BCUT2D eigenvalue weighted by atomic mass is 10.0. The number of pyridine rings is 1. The van der Waals surface area contributed by atoms with Crippen LogP contribution in [0.3, 0.4) is 0 Å². The summed E-state index contributed by atoms with van der Waals surface area (Å²) in [5.74, 6) is 0.979. The molecule has 3 aromatic rings. The Hall–Kier alpha value is -2.84. The molecule has 7 nitrogen and oxygen atoms in total. The third-order valence-corrected chi connectivity index (χ3v) is 8.46. The molecule has 0 bridgehead atoms. The molecule has 1 saturated carbocycles. The van der Waals surface area contributed by atoms with Crippen LogP contribution in [0.25, 0.3) is 10.9 Å². The van der Waals surface area contributed by atoms with Crippen LogP contribution >= 0.6 is 0 Å². The molecular weight excluding hydrogens is 440 g/mol. The van der Waals surface area contributed by atoms with Crippen LogP contribution < -0.4 is 15.0 Å². The molecule has 0 amide bonds. The Morgan fingerprint density at radius 1 is 1.00 bits per heavy atom. The largest absolute Gasteiger partial charge is 0.486 e. The number of nitrogens with one attached hydrogen (secondary N) is 1. The zero-order chi connectivity index (χ0) is 23.2. The monoisotopic (exact) mass is 468 g/mol. The van der Waals surface area contributed by atoms with Crippen LogP contribution in [0.15, 0.2) is 46.1 Å². The van der Waals surface area contributed by atoms with Crippen molar-refractivity contribution in [1.82, 2.24) is 9.29 Å². The van der Waals surface area contributed by atoms with E-state index in [-0.39, 0.29) is 23.0 Å². The van der Waals surface area contributed by atoms with E-state index >= 15 is 0 Å². The van der Waals surface area contributed by atoms with Gasteiger partial charge in [-0.1, -0.05) is 18.9 Å². The van der Waals surface area contributed by atoms with Crippen LogP contribution in [0.2, 0.25) is 0 Å². The summed E-state index contributed by atoms with van der Waals surface area (Å²) in [6, 6.07) is 10.4. The lowest BCUT2D eigenvalue weighted by Gasteiger charge is -2.28. The summed E-state index contributed by atoms with van der Waals surface area (Å²) in [5.41, 5.74) is 3.07. The summed E-state index contributed by atoms with van der Waals surface area (Å²) >= 11 is 0. The highest BCUT2D eigenvalue weighted by molar-refractivity contribution is 7.89. The molecule has 0 saturated heterocycles. The van der Waals surface area contributed by atoms with Gasteiger partial charge in [0.15, 0.2) is 11.5 Å². The number of benzene rings is 2. The molecule has 1 aliphatic heterocycles. The maximum Gasteiger partial charge on any atom is 0.252 e. The van der Waals surface area contributed by atoms with Crippen molar-refractivity contribution in [2.45, 2.75) is 57.0 Å². The molecule has 0 unspecified atom stereocenters. The van der Waals surface area contributed by atoms with Gasteiger partial charge in [-0.3, -0.25) is 4.79 Å². The fraction of sp³-hybridized carbons (Fsp3) is 0.400. The second-order valence-corrected chi connectivity index (χ2v) is 10.9. The number of aromatic nitrogens is 1. The number of ether oxygens (including phenoxy) is 2. The highest BCUT2D eigenvalue weighted by Crippen LogP contribution is 2.36. The first-order valence-electron chi connectivity index (χ1n) is 11.4. The van der Waals surface area contributed by atoms with Crippen molar-refractivity contribution in [3.8, 4) is 11.5 Å². The molecule has 1 aliphatic carbocycles. The minimum atomic E-state index is -3.86. The predicted molar refractivity (Wildman–Crippen MR) is 126 cm³/mol. The Kier molecular flexibility index (Phi) is 5.66. The number of H-pyrrole nitrogens is 1. The van der Waals surface area contributed by atoms with Gasteiger partial charge in [0.2, 0.25) is 10.0 Å². The van der Waals surface area contributed by atoms with E-state index < -0.39 is 10.0 Å². The third kappa shape index (κ3) is 4.13. The van der Waals surface area contributed by atoms with E-state index in [4.69, 9.17) is 9.47 Å². The zero-order valence-electron chi connectivity index (χ0n) is 18.9. The Balaban J connectivity index is 1.56. The van der Waals surface area contributed by atoms with Crippen molar-refractivity contribution >= 4 is 20.9 Å². The third-order valence-electron chi connectivity index (χ3n) is 6.57. The van der Waals surface area contributed by atoms with Gasteiger partial charge in [-0.15, -0.1) is 0 Å². The molecule has 0 atom stereocenters. The van der Waals surface area contributed by atoms with E-state index in [1.807, 2.05) is 26.0 Å². The molecule has 33 heavy (non-hydrogen) atoms. The van der Waals surface area contributed by atoms with E-state index in [1.165, 1.54) is 10.4 Å².